The molecule has 1 aromatic heterocycles. The molecule has 0 unspecified atom stereocenters. The third-order valence-corrected chi connectivity index (χ3v) is 3.80. The van der Waals surface area contributed by atoms with E-state index in [0.717, 1.165) is 5.69 Å². The Morgan fingerprint density at radius 3 is 2.32 bits per heavy atom. The van der Waals surface area contributed by atoms with Crippen molar-refractivity contribution < 1.29 is 13.6 Å². The van der Waals surface area contributed by atoms with E-state index in [4.69, 9.17) is 0 Å². The van der Waals surface area contributed by atoms with Crippen molar-refractivity contribution in [1.29, 1.82) is 0 Å². The van der Waals surface area contributed by atoms with E-state index in [9.17, 15) is 13.6 Å². The summed E-state index contributed by atoms with van der Waals surface area (Å²) in [6.45, 7) is 5.56. The summed E-state index contributed by atoms with van der Waals surface area (Å²) >= 11 is 0. The smallest absolute Gasteiger partial charge is 0.257 e. The Hall–Kier alpha value is -2.24. The number of benzene rings is 1. The SMILES string of the molecule is CCN(Cc1c(F)cccc1F)C(=O)c1c(C)nn(C)c1C. The fourth-order valence-electron chi connectivity index (χ4n) is 2.44. The third-order valence-electron chi connectivity index (χ3n) is 3.80. The summed E-state index contributed by atoms with van der Waals surface area (Å²) in [5.41, 5.74) is 1.73. The number of nitrogens with zero attached hydrogens (tertiary/aromatic N) is 3. The van der Waals surface area contributed by atoms with E-state index < -0.39 is 11.6 Å². The van der Waals surface area contributed by atoms with E-state index in [1.807, 2.05) is 0 Å². The molecule has 6 heteroatoms. The second-order valence-electron chi connectivity index (χ2n) is 5.19. The summed E-state index contributed by atoms with van der Waals surface area (Å²) in [7, 11) is 1.76. The van der Waals surface area contributed by atoms with Gasteiger partial charge in [-0.15, -0.1) is 0 Å². The Morgan fingerprint density at radius 1 is 1.27 bits per heavy atom. The Labute approximate surface area is 128 Å². The molecule has 0 fully saturated rings. The van der Waals surface area contributed by atoms with Crippen LogP contribution in [0.4, 0.5) is 8.78 Å². The van der Waals surface area contributed by atoms with Crippen molar-refractivity contribution in [2.24, 2.45) is 7.05 Å². The number of rotatable bonds is 4. The average molecular weight is 307 g/mol. The second-order valence-corrected chi connectivity index (χ2v) is 5.19. The Balaban J connectivity index is 2.34. The number of carbonyl (C=O) groups excluding carboxylic acids is 1. The van der Waals surface area contributed by atoms with Crippen LogP contribution in [0.1, 0.15) is 34.2 Å². The Morgan fingerprint density at radius 2 is 1.86 bits per heavy atom. The first-order valence-corrected chi connectivity index (χ1v) is 7.09. The normalized spacial score (nSPS) is 10.8. The zero-order valence-corrected chi connectivity index (χ0v) is 13.2. The van der Waals surface area contributed by atoms with Crippen LogP contribution in [0, 0.1) is 25.5 Å². The van der Waals surface area contributed by atoms with Crippen LogP contribution in [0.25, 0.3) is 0 Å². The van der Waals surface area contributed by atoms with Gasteiger partial charge in [-0.05, 0) is 32.9 Å². The number of carbonyl (C=O) groups is 1. The fraction of sp³-hybridized carbons (Fsp3) is 0.375. The molecule has 1 heterocycles. The van der Waals surface area contributed by atoms with Crippen LogP contribution in [0.15, 0.2) is 18.2 Å². The summed E-state index contributed by atoms with van der Waals surface area (Å²) in [5.74, 6) is -1.56. The van der Waals surface area contributed by atoms with Gasteiger partial charge < -0.3 is 4.90 Å². The lowest BCUT2D eigenvalue weighted by Gasteiger charge is -2.21. The molecule has 1 amide bonds. The van der Waals surface area contributed by atoms with Gasteiger partial charge in [0.1, 0.15) is 11.6 Å². The predicted molar refractivity (Wildman–Crippen MR) is 79.5 cm³/mol. The first-order chi connectivity index (χ1) is 10.4. The Kier molecular flexibility index (Phi) is 4.59. The van der Waals surface area contributed by atoms with Gasteiger partial charge in [-0.25, -0.2) is 8.78 Å². The highest BCUT2D eigenvalue weighted by atomic mass is 19.1. The molecule has 0 aliphatic carbocycles. The minimum atomic E-state index is -0.647. The molecule has 118 valence electrons. The maximum Gasteiger partial charge on any atom is 0.257 e. The molecule has 22 heavy (non-hydrogen) atoms. The van der Waals surface area contributed by atoms with Crippen molar-refractivity contribution in [2.45, 2.75) is 27.3 Å². The van der Waals surface area contributed by atoms with E-state index >= 15 is 0 Å². The van der Waals surface area contributed by atoms with Crippen molar-refractivity contribution in [1.82, 2.24) is 14.7 Å². The molecule has 2 aromatic rings. The lowest BCUT2D eigenvalue weighted by atomic mass is 10.1. The van der Waals surface area contributed by atoms with E-state index in [2.05, 4.69) is 5.10 Å². The second kappa shape index (κ2) is 6.25. The lowest BCUT2D eigenvalue weighted by Crippen LogP contribution is -2.31. The molecule has 0 atom stereocenters. The lowest BCUT2D eigenvalue weighted by molar-refractivity contribution is 0.0748. The van der Waals surface area contributed by atoms with Crippen LogP contribution in [-0.2, 0) is 13.6 Å². The molecule has 1 aromatic carbocycles. The highest BCUT2D eigenvalue weighted by molar-refractivity contribution is 5.96. The maximum atomic E-state index is 13.8. The average Bonchev–Trinajstić information content (AvgIpc) is 2.71. The van der Waals surface area contributed by atoms with E-state index in [1.54, 1.807) is 32.5 Å². The molecule has 0 aliphatic heterocycles. The standard InChI is InChI=1S/C16H19F2N3O/c1-5-21(9-12-13(17)7-6-8-14(12)18)16(22)15-10(2)19-20(4)11(15)3/h6-8H,5,9H2,1-4H3. The van der Waals surface area contributed by atoms with Crippen molar-refractivity contribution >= 4 is 5.91 Å². The number of aromatic nitrogens is 2. The first kappa shape index (κ1) is 16.1. The van der Waals surface area contributed by atoms with Gasteiger partial charge in [0.25, 0.3) is 5.91 Å². The van der Waals surface area contributed by atoms with E-state index in [1.165, 1.54) is 23.1 Å². The summed E-state index contributed by atoms with van der Waals surface area (Å²) in [5, 5.41) is 4.21. The van der Waals surface area contributed by atoms with Gasteiger partial charge in [0.15, 0.2) is 0 Å². The molecule has 2 rings (SSSR count). The maximum absolute atomic E-state index is 13.8. The molecule has 0 saturated carbocycles. The summed E-state index contributed by atoms with van der Waals surface area (Å²) in [6, 6.07) is 3.69. The van der Waals surface area contributed by atoms with Gasteiger partial charge in [0, 0.05) is 24.8 Å². The topological polar surface area (TPSA) is 38.1 Å². The quantitative estimate of drug-likeness (QED) is 0.871. The fourth-order valence-corrected chi connectivity index (χ4v) is 2.44. The molecular formula is C16H19F2N3O. The number of halogens is 2. The van der Waals surface area contributed by atoms with Crippen LogP contribution in [-0.4, -0.2) is 27.1 Å². The predicted octanol–water partition coefficient (Wildman–Crippen LogP) is 2.98. The van der Waals surface area contributed by atoms with Gasteiger partial charge in [-0.2, -0.15) is 5.10 Å². The highest BCUT2D eigenvalue weighted by Crippen LogP contribution is 2.19. The van der Waals surface area contributed by atoms with Gasteiger partial charge in [0.2, 0.25) is 0 Å². The molecule has 0 radical (unpaired) electrons. The van der Waals surface area contributed by atoms with Crippen molar-refractivity contribution in [2.75, 3.05) is 6.54 Å². The Bertz CT molecular complexity index is 689. The van der Waals surface area contributed by atoms with Gasteiger partial charge in [-0.3, -0.25) is 9.48 Å². The zero-order valence-electron chi connectivity index (χ0n) is 13.2. The molecule has 0 bridgehead atoms. The summed E-state index contributed by atoms with van der Waals surface area (Å²) in [6.07, 6.45) is 0. The van der Waals surface area contributed by atoms with Crippen LogP contribution in [0.5, 0.6) is 0 Å². The minimum Gasteiger partial charge on any atom is -0.334 e. The molecule has 0 saturated heterocycles. The molecule has 4 nitrogen and oxygen atoms in total. The van der Waals surface area contributed by atoms with Crippen LogP contribution < -0.4 is 0 Å². The monoisotopic (exact) mass is 307 g/mol. The van der Waals surface area contributed by atoms with Gasteiger partial charge in [-0.1, -0.05) is 6.07 Å². The summed E-state index contributed by atoms with van der Waals surface area (Å²) in [4.78, 5) is 14.1. The van der Waals surface area contributed by atoms with Crippen LogP contribution >= 0.6 is 0 Å². The molecule has 0 spiro atoms. The van der Waals surface area contributed by atoms with Gasteiger partial charge in [0.05, 0.1) is 17.8 Å². The highest BCUT2D eigenvalue weighted by Gasteiger charge is 2.24. The number of amides is 1. The molecule has 0 N–H and O–H groups in total. The number of hydrogen-bond donors (Lipinski definition) is 0. The van der Waals surface area contributed by atoms with E-state index in [-0.39, 0.29) is 18.0 Å². The zero-order chi connectivity index (χ0) is 16.4. The largest absolute Gasteiger partial charge is 0.334 e. The molecule has 0 aliphatic rings. The first-order valence-electron chi connectivity index (χ1n) is 7.09. The van der Waals surface area contributed by atoms with Crippen LogP contribution in [0.3, 0.4) is 0 Å². The minimum absolute atomic E-state index is 0.100. The van der Waals surface area contributed by atoms with Crippen molar-refractivity contribution in [3.05, 3.63) is 52.3 Å². The van der Waals surface area contributed by atoms with Crippen LogP contribution in [0.2, 0.25) is 0 Å². The third kappa shape index (κ3) is 2.86. The number of aryl methyl sites for hydroxylation is 2. The van der Waals surface area contributed by atoms with Gasteiger partial charge >= 0.3 is 0 Å². The van der Waals surface area contributed by atoms with Crippen molar-refractivity contribution in [3.63, 3.8) is 0 Å². The number of hydrogen-bond acceptors (Lipinski definition) is 2. The summed E-state index contributed by atoms with van der Waals surface area (Å²) < 4.78 is 29.2. The van der Waals surface area contributed by atoms with E-state index in [0.29, 0.717) is 17.8 Å². The van der Waals surface area contributed by atoms with Crippen molar-refractivity contribution in [3.8, 4) is 0 Å². The molecular weight excluding hydrogens is 288 g/mol.